The van der Waals surface area contributed by atoms with E-state index in [0.29, 0.717) is 40.2 Å². The van der Waals surface area contributed by atoms with Crippen LogP contribution in [0.2, 0.25) is 0 Å². The number of halogens is 1. The van der Waals surface area contributed by atoms with Gasteiger partial charge in [-0.05, 0) is 42.9 Å². The predicted octanol–water partition coefficient (Wildman–Crippen LogP) is 4.17. The normalized spacial score (nSPS) is 15.7. The van der Waals surface area contributed by atoms with Crippen LogP contribution in [0, 0.1) is 11.8 Å². The van der Waals surface area contributed by atoms with E-state index in [1.54, 1.807) is 4.57 Å². The second kappa shape index (κ2) is 8.78. The average molecular weight is 452 g/mol. The number of aromatic nitrogens is 2. The molecule has 5 nitrogen and oxygen atoms in total. The van der Waals surface area contributed by atoms with Gasteiger partial charge in [0.05, 0.1) is 16.7 Å². The first kappa shape index (κ1) is 20.4. The molecule has 0 aliphatic carbocycles. The lowest BCUT2D eigenvalue weighted by Crippen LogP contribution is -2.39. The molecule has 27 heavy (non-hydrogen) atoms. The molecular weight excluding hydrogens is 426 g/mol. The fourth-order valence-corrected chi connectivity index (χ4v) is 4.56. The van der Waals surface area contributed by atoms with Crippen molar-refractivity contribution in [3.05, 3.63) is 33.0 Å². The minimum atomic E-state index is -0.0447. The summed E-state index contributed by atoms with van der Waals surface area (Å²) >= 11 is 4.80. The van der Waals surface area contributed by atoms with Crippen LogP contribution in [-0.2, 0) is 11.3 Å². The van der Waals surface area contributed by atoms with E-state index in [0.717, 1.165) is 30.4 Å². The standard InChI is InChI=1S/C20H26BrN3O2S/c1-13(2)11-24-19(26)16-10-15(21)4-5-17(16)22-20(24)27-12-18(25)23-8-6-14(3)7-9-23/h4-5,10,13-14H,6-9,11-12H2,1-3H3. The first-order valence-corrected chi connectivity index (χ1v) is 11.2. The van der Waals surface area contributed by atoms with Crippen molar-refractivity contribution in [2.75, 3.05) is 18.8 Å². The molecule has 2 heterocycles. The van der Waals surface area contributed by atoms with Crippen LogP contribution in [0.4, 0.5) is 0 Å². The topological polar surface area (TPSA) is 55.2 Å². The van der Waals surface area contributed by atoms with Crippen molar-refractivity contribution in [1.29, 1.82) is 0 Å². The largest absolute Gasteiger partial charge is 0.342 e. The van der Waals surface area contributed by atoms with E-state index in [-0.39, 0.29) is 11.5 Å². The number of carbonyl (C=O) groups is 1. The number of nitrogens with zero attached hydrogens (tertiary/aromatic N) is 3. The zero-order valence-electron chi connectivity index (χ0n) is 16.1. The fourth-order valence-electron chi connectivity index (χ4n) is 3.28. The van der Waals surface area contributed by atoms with Crippen molar-refractivity contribution in [3.63, 3.8) is 0 Å². The molecule has 1 aromatic carbocycles. The Morgan fingerprint density at radius 3 is 2.70 bits per heavy atom. The van der Waals surface area contributed by atoms with E-state index < -0.39 is 0 Å². The summed E-state index contributed by atoms with van der Waals surface area (Å²) in [7, 11) is 0. The minimum absolute atomic E-state index is 0.0447. The molecule has 0 radical (unpaired) electrons. The highest BCUT2D eigenvalue weighted by molar-refractivity contribution is 9.10. The number of fused-ring (bicyclic) bond motifs is 1. The van der Waals surface area contributed by atoms with Crippen molar-refractivity contribution in [2.45, 2.75) is 45.3 Å². The third-order valence-electron chi connectivity index (χ3n) is 4.89. The highest BCUT2D eigenvalue weighted by atomic mass is 79.9. The molecular formula is C20H26BrN3O2S. The van der Waals surface area contributed by atoms with Crippen LogP contribution < -0.4 is 5.56 Å². The van der Waals surface area contributed by atoms with Crippen LogP contribution >= 0.6 is 27.7 Å². The molecule has 1 aromatic heterocycles. The molecule has 1 aliphatic heterocycles. The predicted molar refractivity (Wildman–Crippen MR) is 114 cm³/mol. The van der Waals surface area contributed by atoms with Crippen molar-refractivity contribution in [2.24, 2.45) is 11.8 Å². The van der Waals surface area contributed by atoms with Crippen LogP contribution in [0.5, 0.6) is 0 Å². The number of hydrogen-bond acceptors (Lipinski definition) is 4. The van der Waals surface area contributed by atoms with Crippen molar-refractivity contribution < 1.29 is 4.79 Å². The number of benzene rings is 1. The van der Waals surface area contributed by atoms with E-state index in [4.69, 9.17) is 4.98 Å². The van der Waals surface area contributed by atoms with Gasteiger partial charge in [-0.15, -0.1) is 0 Å². The third kappa shape index (κ3) is 4.93. The van der Waals surface area contributed by atoms with Gasteiger partial charge >= 0.3 is 0 Å². The minimum Gasteiger partial charge on any atom is -0.342 e. The van der Waals surface area contributed by atoms with Gasteiger partial charge in [0.1, 0.15) is 0 Å². The number of hydrogen-bond donors (Lipinski definition) is 0. The molecule has 1 fully saturated rings. The van der Waals surface area contributed by atoms with E-state index in [1.807, 2.05) is 23.1 Å². The fraction of sp³-hybridized carbons (Fsp3) is 0.550. The van der Waals surface area contributed by atoms with Crippen LogP contribution in [0.3, 0.4) is 0 Å². The maximum atomic E-state index is 13.0. The summed E-state index contributed by atoms with van der Waals surface area (Å²) < 4.78 is 2.58. The van der Waals surface area contributed by atoms with Crippen LogP contribution in [0.1, 0.15) is 33.6 Å². The van der Waals surface area contributed by atoms with Crippen molar-refractivity contribution >= 4 is 44.5 Å². The van der Waals surface area contributed by atoms with Gasteiger partial charge in [0, 0.05) is 24.1 Å². The Kier molecular flexibility index (Phi) is 6.63. The molecule has 3 rings (SSSR count). The third-order valence-corrected chi connectivity index (χ3v) is 6.34. The summed E-state index contributed by atoms with van der Waals surface area (Å²) in [4.78, 5) is 32.2. The lowest BCUT2D eigenvalue weighted by Gasteiger charge is -2.30. The lowest BCUT2D eigenvalue weighted by atomic mass is 9.99. The highest BCUT2D eigenvalue weighted by Crippen LogP contribution is 2.23. The molecule has 0 atom stereocenters. The summed E-state index contributed by atoms with van der Waals surface area (Å²) in [5.41, 5.74) is 0.627. The van der Waals surface area contributed by atoms with Gasteiger partial charge < -0.3 is 4.90 Å². The zero-order chi connectivity index (χ0) is 19.6. The molecule has 0 spiro atoms. The molecule has 146 valence electrons. The SMILES string of the molecule is CC(C)Cn1c(SCC(=O)N2CCC(C)CC2)nc2ccc(Br)cc2c1=O. The van der Waals surface area contributed by atoms with E-state index in [2.05, 4.69) is 36.7 Å². The summed E-state index contributed by atoms with van der Waals surface area (Å²) in [6.07, 6.45) is 2.13. The molecule has 0 bridgehead atoms. The molecule has 1 aliphatic rings. The van der Waals surface area contributed by atoms with Crippen LogP contribution in [-0.4, -0.2) is 39.2 Å². The highest BCUT2D eigenvalue weighted by Gasteiger charge is 2.21. The number of likely N-dealkylation sites (tertiary alicyclic amines) is 1. The second-order valence-corrected chi connectivity index (χ2v) is 9.58. The van der Waals surface area contributed by atoms with Gasteiger partial charge in [-0.3, -0.25) is 14.2 Å². The van der Waals surface area contributed by atoms with Crippen LogP contribution in [0.25, 0.3) is 10.9 Å². The van der Waals surface area contributed by atoms with Gasteiger partial charge in [0.15, 0.2) is 5.16 Å². The Morgan fingerprint density at radius 2 is 2.04 bits per heavy atom. The summed E-state index contributed by atoms with van der Waals surface area (Å²) in [6, 6.07) is 5.55. The summed E-state index contributed by atoms with van der Waals surface area (Å²) in [5, 5.41) is 1.23. The first-order valence-electron chi connectivity index (χ1n) is 9.46. The Balaban J connectivity index is 1.85. The van der Waals surface area contributed by atoms with Crippen molar-refractivity contribution in [1.82, 2.24) is 14.5 Å². The average Bonchev–Trinajstić information content (AvgIpc) is 2.63. The van der Waals surface area contributed by atoms with Crippen LogP contribution in [0.15, 0.2) is 32.6 Å². The molecule has 1 saturated heterocycles. The van der Waals surface area contributed by atoms with Gasteiger partial charge in [-0.1, -0.05) is 48.5 Å². The number of rotatable bonds is 5. The Labute approximate surface area is 172 Å². The second-order valence-electron chi connectivity index (χ2n) is 7.72. The maximum Gasteiger partial charge on any atom is 0.262 e. The number of carbonyl (C=O) groups excluding carboxylic acids is 1. The van der Waals surface area contributed by atoms with Gasteiger partial charge in [-0.25, -0.2) is 4.98 Å². The van der Waals surface area contributed by atoms with Gasteiger partial charge in [-0.2, -0.15) is 0 Å². The molecule has 0 saturated carbocycles. The zero-order valence-corrected chi connectivity index (χ0v) is 18.5. The van der Waals surface area contributed by atoms with E-state index in [1.165, 1.54) is 11.8 Å². The molecule has 2 aromatic rings. The van der Waals surface area contributed by atoms with Gasteiger partial charge in [0.2, 0.25) is 5.91 Å². The molecule has 0 unspecified atom stereocenters. The van der Waals surface area contributed by atoms with Crippen molar-refractivity contribution in [3.8, 4) is 0 Å². The Morgan fingerprint density at radius 1 is 1.33 bits per heavy atom. The number of piperidine rings is 1. The number of thioether (sulfide) groups is 1. The maximum absolute atomic E-state index is 13.0. The van der Waals surface area contributed by atoms with E-state index in [9.17, 15) is 9.59 Å². The summed E-state index contributed by atoms with van der Waals surface area (Å²) in [5.74, 6) is 1.46. The smallest absolute Gasteiger partial charge is 0.262 e. The van der Waals surface area contributed by atoms with E-state index >= 15 is 0 Å². The Bertz CT molecular complexity index is 889. The van der Waals surface area contributed by atoms with Gasteiger partial charge in [0.25, 0.3) is 5.56 Å². The molecule has 7 heteroatoms. The summed E-state index contributed by atoms with van der Waals surface area (Å²) in [6.45, 7) is 8.64. The Hall–Kier alpha value is -1.34. The number of amides is 1. The lowest BCUT2D eigenvalue weighted by molar-refractivity contribution is -0.129. The first-order chi connectivity index (χ1) is 12.8. The monoisotopic (exact) mass is 451 g/mol. The molecule has 1 amide bonds. The molecule has 0 N–H and O–H groups in total. The quantitative estimate of drug-likeness (QED) is 0.505.